The zero-order valence-electron chi connectivity index (χ0n) is 7.38. The second-order valence-corrected chi connectivity index (χ2v) is 4.08. The second-order valence-electron chi connectivity index (χ2n) is 4.08. The molecule has 1 spiro atoms. The van der Waals surface area contributed by atoms with E-state index in [1.165, 1.54) is 31.5 Å². The van der Waals surface area contributed by atoms with Crippen molar-refractivity contribution in [2.45, 2.75) is 44.6 Å². The maximum Gasteiger partial charge on any atom is 0.133 e. The van der Waals surface area contributed by atoms with E-state index in [9.17, 15) is 0 Å². The van der Waals surface area contributed by atoms with Gasteiger partial charge in [-0.05, 0) is 32.6 Å². The van der Waals surface area contributed by atoms with Gasteiger partial charge < -0.3 is 4.57 Å². The molecule has 12 heavy (non-hydrogen) atoms. The van der Waals surface area contributed by atoms with Gasteiger partial charge in [-0.2, -0.15) is 0 Å². The first-order valence-corrected chi connectivity index (χ1v) is 4.73. The molecule has 3 rings (SSSR count). The highest BCUT2D eigenvalue weighted by atomic mass is 15.3. The molecule has 0 saturated heterocycles. The third-order valence-electron chi connectivity index (χ3n) is 3.46. The Hall–Kier alpha value is -0.860. The summed E-state index contributed by atoms with van der Waals surface area (Å²) < 4.78 is 2.39. The second kappa shape index (κ2) is 1.90. The SMILES string of the molecule is Cc1nnc2n1C1(CCC1)CC2. The average molecular weight is 163 g/mol. The highest BCUT2D eigenvalue weighted by Gasteiger charge is 2.44. The summed E-state index contributed by atoms with van der Waals surface area (Å²) in [5.41, 5.74) is 0.461. The number of nitrogens with zero attached hydrogens (tertiary/aromatic N) is 3. The van der Waals surface area contributed by atoms with Gasteiger partial charge in [0.15, 0.2) is 0 Å². The zero-order valence-corrected chi connectivity index (χ0v) is 7.38. The molecule has 0 radical (unpaired) electrons. The quantitative estimate of drug-likeness (QED) is 0.579. The highest BCUT2D eigenvalue weighted by molar-refractivity contribution is 5.12. The number of rotatable bonds is 0. The largest absolute Gasteiger partial charge is 0.309 e. The molecule has 2 aliphatic rings. The first kappa shape index (κ1) is 6.63. The van der Waals surface area contributed by atoms with Gasteiger partial charge in [0.05, 0.1) is 0 Å². The average Bonchev–Trinajstić information content (AvgIpc) is 2.49. The van der Waals surface area contributed by atoms with Gasteiger partial charge in [0, 0.05) is 12.0 Å². The van der Waals surface area contributed by atoms with Crippen LogP contribution in [0.25, 0.3) is 0 Å². The number of aromatic nitrogens is 3. The first-order valence-electron chi connectivity index (χ1n) is 4.73. The van der Waals surface area contributed by atoms with Crippen molar-refractivity contribution < 1.29 is 0 Å². The molecule has 0 amide bonds. The fraction of sp³-hybridized carbons (Fsp3) is 0.778. The molecule has 0 aromatic carbocycles. The Labute approximate surface area is 71.8 Å². The van der Waals surface area contributed by atoms with E-state index >= 15 is 0 Å². The van der Waals surface area contributed by atoms with Crippen LogP contribution >= 0.6 is 0 Å². The third-order valence-corrected chi connectivity index (χ3v) is 3.46. The molecule has 1 saturated carbocycles. The van der Waals surface area contributed by atoms with Gasteiger partial charge in [-0.1, -0.05) is 0 Å². The van der Waals surface area contributed by atoms with E-state index in [1.54, 1.807) is 0 Å². The lowest BCUT2D eigenvalue weighted by Gasteiger charge is -2.40. The minimum Gasteiger partial charge on any atom is -0.309 e. The van der Waals surface area contributed by atoms with Gasteiger partial charge in [0.25, 0.3) is 0 Å². The molecule has 1 aromatic rings. The molecule has 1 fully saturated rings. The Bertz CT molecular complexity index is 323. The van der Waals surface area contributed by atoms with Crippen LogP contribution in [0.15, 0.2) is 0 Å². The monoisotopic (exact) mass is 163 g/mol. The standard InChI is InChI=1S/C9H13N3/c1-7-10-11-8-3-6-9(12(7)8)4-2-5-9/h2-6H2,1H3. The summed E-state index contributed by atoms with van der Waals surface area (Å²) in [6.07, 6.45) is 6.52. The molecule has 2 heterocycles. The molecule has 1 aromatic heterocycles. The Morgan fingerprint density at radius 1 is 1.25 bits per heavy atom. The number of fused-ring (bicyclic) bond motifs is 2. The van der Waals surface area contributed by atoms with E-state index in [1.807, 2.05) is 0 Å². The van der Waals surface area contributed by atoms with Gasteiger partial charge >= 0.3 is 0 Å². The third kappa shape index (κ3) is 0.586. The van der Waals surface area contributed by atoms with E-state index in [4.69, 9.17) is 0 Å². The Morgan fingerprint density at radius 3 is 2.75 bits per heavy atom. The van der Waals surface area contributed by atoms with Crippen molar-refractivity contribution in [3.63, 3.8) is 0 Å². The molecular weight excluding hydrogens is 150 g/mol. The molecule has 0 N–H and O–H groups in total. The van der Waals surface area contributed by atoms with Crippen LogP contribution in [0.1, 0.15) is 37.3 Å². The van der Waals surface area contributed by atoms with E-state index in [0.29, 0.717) is 5.54 Å². The smallest absolute Gasteiger partial charge is 0.133 e. The van der Waals surface area contributed by atoms with Crippen LogP contribution in [-0.2, 0) is 12.0 Å². The van der Waals surface area contributed by atoms with Crippen molar-refractivity contribution in [3.8, 4) is 0 Å². The molecule has 1 aliphatic carbocycles. The van der Waals surface area contributed by atoms with Crippen LogP contribution in [0.5, 0.6) is 0 Å². The van der Waals surface area contributed by atoms with E-state index in [0.717, 1.165) is 12.2 Å². The number of hydrogen-bond acceptors (Lipinski definition) is 2. The number of hydrogen-bond donors (Lipinski definition) is 0. The molecule has 3 heteroatoms. The first-order chi connectivity index (χ1) is 5.82. The zero-order chi connectivity index (χ0) is 8.18. The van der Waals surface area contributed by atoms with Crippen LogP contribution < -0.4 is 0 Å². The minimum absolute atomic E-state index is 0.461. The van der Waals surface area contributed by atoms with Crippen molar-refractivity contribution in [1.29, 1.82) is 0 Å². The lowest BCUT2D eigenvalue weighted by Crippen LogP contribution is -2.38. The van der Waals surface area contributed by atoms with E-state index < -0.39 is 0 Å². The molecule has 0 unspecified atom stereocenters. The van der Waals surface area contributed by atoms with Crippen LogP contribution in [0.3, 0.4) is 0 Å². The molecule has 0 bridgehead atoms. The van der Waals surface area contributed by atoms with Gasteiger partial charge in [-0.3, -0.25) is 0 Å². The highest BCUT2D eigenvalue weighted by Crippen LogP contribution is 2.47. The maximum atomic E-state index is 4.19. The van der Waals surface area contributed by atoms with Crippen LogP contribution in [0, 0.1) is 6.92 Å². The van der Waals surface area contributed by atoms with E-state index in [-0.39, 0.29) is 0 Å². The maximum absolute atomic E-state index is 4.19. The molecule has 3 nitrogen and oxygen atoms in total. The van der Waals surface area contributed by atoms with Gasteiger partial charge in [0.1, 0.15) is 11.6 Å². The summed E-state index contributed by atoms with van der Waals surface area (Å²) in [6.45, 7) is 2.07. The topological polar surface area (TPSA) is 30.7 Å². The van der Waals surface area contributed by atoms with Crippen molar-refractivity contribution >= 4 is 0 Å². The van der Waals surface area contributed by atoms with Gasteiger partial charge in [-0.25, -0.2) is 0 Å². The minimum atomic E-state index is 0.461. The lowest BCUT2D eigenvalue weighted by molar-refractivity contribution is 0.150. The molecule has 64 valence electrons. The van der Waals surface area contributed by atoms with Gasteiger partial charge in [-0.15, -0.1) is 10.2 Å². The summed E-state index contributed by atoms with van der Waals surface area (Å²) in [6, 6.07) is 0. The van der Waals surface area contributed by atoms with Crippen LogP contribution in [0.2, 0.25) is 0 Å². The summed E-state index contributed by atoms with van der Waals surface area (Å²) in [7, 11) is 0. The fourth-order valence-corrected chi connectivity index (χ4v) is 2.70. The van der Waals surface area contributed by atoms with Crippen LogP contribution in [-0.4, -0.2) is 14.8 Å². The fourth-order valence-electron chi connectivity index (χ4n) is 2.70. The molecule has 1 aliphatic heterocycles. The summed E-state index contributed by atoms with van der Waals surface area (Å²) in [5.74, 6) is 2.33. The van der Waals surface area contributed by atoms with Crippen molar-refractivity contribution in [2.75, 3.05) is 0 Å². The Balaban J connectivity index is 2.16. The predicted octanol–water partition coefficient (Wildman–Crippen LogP) is 1.41. The van der Waals surface area contributed by atoms with E-state index in [2.05, 4.69) is 21.7 Å². The van der Waals surface area contributed by atoms with Crippen molar-refractivity contribution in [3.05, 3.63) is 11.6 Å². The number of aryl methyl sites for hydroxylation is 2. The normalized spacial score (nSPS) is 24.1. The Kier molecular flexibility index (Phi) is 1.05. The predicted molar refractivity (Wildman–Crippen MR) is 44.9 cm³/mol. The molecular formula is C9H13N3. The lowest BCUT2D eigenvalue weighted by atomic mass is 9.75. The van der Waals surface area contributed by atoms with Crippen molar-refractivity contribution in [2.24, 2.45) is 0 Å². The molecule has 0 atom stereocenters. The summed E-state index contributed by atoms with van der Waals surface area (Å²) >= 11 is 0. The summed E-state index contributed by atoms with van der Waals surface area (Å²) in [4.78, 5) is 0. The van der Waals surface area contributed by atoms with Gasteiger partial charge in [0.2, 0.25) is 0 Å². The van der Waals surface area contributed by atoms with Crippen molar-refractivity contribution in [1.82, 2.24) is 14.8 Å². The summed E-state index contributed by atoms with van der Waals surface area (Å²) in [5, 5.41) is 8.32. The van der Waals surface area contributed by atoms with Crippen LogP contribution in [0.4, 0.5) is 0 Å². The Morgan fingerprint density at radius 2 is 2.08 bits per heavy atom.